The van der Waals surface area contributed by atoms with E-state index in [1.807, 2.05) is 36.4 Å². The first-order valence-electron chi connectivity index (χ1n) is 7.69. The molecule has 2 aromatic rings. The number of hydrogen-bond donors (Lipinski definition) is 0. The fourth-order valence-electron chi connectivity index (χ4n) is 2.20. The summed E-state index contributed by atoms with van der Waals surface area (Å²) in [6.07, 6.45) is 0.800. The summed E-state index contributed by atoms with van der Waals surface area (Å²) in [5, 5.41) is 0.860. The second-order valence-corrected chi connectivity index (χ2v) is 5.74. The summed E-state index contributed by atoms with van der Waals surface area (Å²) >= 11 is 3.38. The van der Waals surface area contributed by atoms with Crippen LogP contribution in [-0.2, 0) is 0 Å². The van der Waals surface area contributed by atoms with E-state index in [1.54, 1.807) is 21.3 Å². The van der Waals surface area contributed by atoms with Crippen molar-refractivity contribution in [3.63, 3.8) is 0 Å². The van der Waals surface area contributed by atoms with Crippen LogP contribution in [0.15, 0.2) is 36.4 Å². The minimum Gasteiger partial charge on any atom is -0.493 e. The molecule has 0 aliphatic carbocycles. The lowest BCUT2D eigenvalue weighted by atomic mass is 10.1. The van der Waals surface area contributed by atoms with E-state index in [0.717, 1.165) is 28.4 Å². The summed E-state index contributed by atoms with van der Waals surface area (Å²) in [6, 6.07) is 11.5. The standard InChI is InChI=1S/C21H19BrO3/c1-23-19-14-16(15-20(24-2)21(19)25-3)11-12-18-9-5-4-8-17(18)10-6-7-13-22/h4-5,8-9,14-15H,7,13H2,1-3H3. The van der Waals surface area contributed by atoms with Gasteiger partial charge in [-0.05, 0) is 24.3 Å². The first-order chi connectivity index (χ1) is 12.2. The van der Waals surface area contributed by atoms with Crippen LogP contribution in [0, 0.1) is 23.7 Å². The zero-order valence-corrected chi connectivity index (χ0v) is 16.1. The molecule has 0 spiro atoms. The van der Waals surface area contributed by atoms with Crippen molar-refractivity contribution in [2.24, 2.45) is 0 Å². The van der Waals surface area contributed by atoms with Crippen molar-refractivity contribution in [1.82, 2.24) is 0 Å². The summed E-state index contributed by atoms with van der Waals surface area (Å²) in [6.45, 7) is 0. The maximum atomic E-state index is 5.36. The molecule has 0 radical (unpaired) electrons. The molecule has 0 atom stereocenters. The Morgan fingerprint density at radius 3 is 1.96 bits per heavy atom. The number of methoxy groups -OCH3 is 3. The van der Waals surface area contributed by atoms with Crippen molar-refractivity contribution < 1.29 is 14.2 Å². The molecule has 2 rings (SSSR count). The van der Waals surface area contributed by atoms with E-state index >= 15 is 0 Å². The normalized spacial score (nSPS) is 9.28. The van der Waals surface area contributed by atoms with Gasteiger partial charge in [-0.2, -0.15) is 0 Å². The number of ether oxygens (including phenoxy) is 3. The molecule has 0 saturated carbocycles. The topological polar surface area (TPSA) is 27.7 Å². The quantitative estimate of drug-likeness (QED) is 0.569. The lowest BCUT2D eigenvalue weighted by Crippen LogP contribution is -1.95. The third-order valence-corrected chi connectivity index (χ3v) is 3.77. The Hall–Kier alpha value is -2.56. The van der Waals surface area contributed by atoms with Crippen LogP contribution in [0.2, 0.25) is 0 Å². The van der Waals surface area contributed by atoms with Crippen LogP contribution in [0.5, 0.6) is 17.2 Å². The first-order valence-corrected chi connectivity index (χ1v) is 8.81. The van der Waals surface area contributed by atoms with Gasteiger partial charge in [0.1, 0.15) is 0 Å². The average molecular weight is 399 g/mol. The molecule has 0 unspecified atom stereocenters. The first kappa shape index (κ1) is 18.8. The van der Waals surface area contributed by atoms with Gasteiger partial charge in [-0.3, -0.25) is 0 Å². The zero-order valence-electron chi connectivity index (χ0n) is 14.5. The number of rotatable bonds is 4. The lowest BCUT2D eigenvalue weighted by molar-refractivity contribution is 0.324. The Kier molecular flexibility index (Phi) is 7.26. The summed E-state index contributed by atoms with van der Waals surface area (Å²) in [5.41, 5.74) is 2.58. The Morgan fingerprint density at radius 1 is 0.840 bits per heavy atom. The van der Waals surface area contributed by atoms with Gasteiger partial charge in [-0.25, -0.2) is 0 Å². The number of halogens is 1. The van der Waals surface area contributed by atoms with Gasteiger partial charge in [-0.1, -0.05) is 51.7 Å². The minimum atomic E-state index is 0.552. The molecule has 3 nitrogen and oxygen atoms in total. The molecule has 0 aliphatic rings. The molecular formula is C21H19BrO3. The molecule has 2 aromatic carbocycles. The van der Waals surface area contributed by atoms with Crippen LogP contribution in [0.4, 0.5) is 0 Å². The second-order valence-electron chi connectivity index (χ2n) is 4.95. The summed E-state index contributed by atoms with van der Waals surface area (Å²) in [7, 11) is 4.75. The number of benzene rings is 2. The van der Waals surface area contributed by atoms with Crippen molar-refractivity contribution in [3.05, 3.63) is 53.1 Å². The highest BCUT2D eigenvalue weighted by atomic mass is 79.9. The van der Waals surface area contributed by atoms with Crippen LogP contribution in [0.25, 0.3) is 0 Å². The number of hydrogen-bond acceptors (Lipinski definition) is 3. The molecule has 0 fully saturated rings. The van der Waals surface area contributed by atoms with Crippen molar-refractivity contribution >= 4 is 15.9 Å². The molecule has 25 heavy (non-hydrogen) atoms. The smallest absolute Gasteiger partial charge is 0.203 e. The zero-order chi connectivity index (χ0) is 18.1. The van der Waals surface area contributed by atoms with Crippen LogP contribution in [-0.4, -0.2) is 26.7 Å². The van der Waals surface area contributed by atoms with Crippen LogP contribution < -0.4 is 14.2 Å². The highest BCUT2D eigenvalue weighted by Gasteiger charge is 2.12. The van der Waals surface area contributed by atoms with E-state index in [-0.39, 0.29) is 0 Å². The van der Waals surface area contributed by atoms with E-state index in [1.165, 1.54) is 0 Å². The van der Waals surface area contributed by atoms with E-state index < -0.39 is 0 Å². The van der Waals surface area contributed by atoms with Gasteiger partial charge in [0, 0.05) is 28.4 Å². The fraction of sp³-hybridized carbons (Fsp3) is 0.238. The van der Waals surface area contributed by atoms with Gasteiger partial charge < -0.3 is 14.2 Å². The molecule has 4 heteroatoms. The Morgan fingerprint density at radius 2 is 1.44 bits per heavy atom. The Bertz CT molecular complexity index is 826. The SMILES string of the molecule is COc1cc(C#Cc2ccccc2C#CCCBr)cc(OC)c1OC. The fourth-order valence-corrected chi connectivity index (χ4v) is 2.40. The van der Waals surface area contributed by atoms with Crippen molar-refractivity contribution in [2.45, 2.75) is 6.42 Å². The lowest BCUT2D eigenvalue weighted by Gasteiger charge is -2.12. The third kappa shape index (κ3) is 4.95. The molecule has 0 saturated heterocycles. The highest BCUT2D eigenvalue weighted by Crippen LogP contribution is 2.37. The minimum absolute atomic E-state index is 0.552. The van der Waals surface area contributed by atoms with Crippen molar-refractivity contribution in [3.8, 4) is 40.9 Å². The van der Waals surface area contributed by atoms with Gasteiger partial charge in [0.15, 0.2) is 11.5 Å². The van der Waals surface area contributed by atoms with Gasteiger partial charge in [-0.15, -0.1) is 0 Å². The molecule has 0 aliphatic heterocycles. The van der Waals surface area contributed by atoms with Crippen molar-refractivity contribution in [1.29, 1.82) is 0 Å². The second kappa shape index (κ2) is 9.67. The maximum Gasteiger partial charge on any atom is 0.203 e. The highest BCUT2D eigenvalue weighted by molar-refractivity contribution is 9.09. The molecular weight excluding hydrogens is 380 g/mol. The van der Waals surface area contributed by atoms with E-state index in [9.17, 15) is 0 Å². The monoisotopic (exact) mass is 398 g/mol. The molecule has 0 heterocycles. The van der Waals surface area contributed by atoms with E-state index in [0.29, 0.717) is 17.2 Å². The molecule has 128 valence electrons. The summed E-state index contributed by atoms with van der Waals surface area (Å²) < 4.78 is 16.1. The average Bonchev–Trinajstić information content (AvgIpc) is 2.66. The maximum absolute atomic E-state index is 5.36. The molecule has 0 aromatic heterocycles. The molecule has 0 amide bonds. The molecule has 0 bridgehead atoms. The Labute approximate surface area is 157 Å². The Balaban J connectivity index is 2.41. The predicted molar refractivity (Wildman–Crippen MR) is 104 cm³/mol. The van der Waals surface area contributed by atoms with Gasteiger partial charge >= 0.3 is 0 Å². The van der Waals surface area contributed by atoms with Crippen LogP contribution in [0.1, 0.15) is 23.1 Å². The van der Waals surface area contributed by atoms with Gasteiger partial charge in [0.25, 0.3) is 0 Å². The van der Waals surface area contributed by atoms with Crippen molar-refractivity contribution in [2.75, 3.05) is 26.7 Å². The molecule has 0 N–H and O–H groups in total. The van der Waals surface area contributed by atoms with Crippen LogP contribution in [0.3, 0.4) is 0 Å². The van der Waals surface area contributed by atoms with Gasteiger partial charge in [0.05, 0.1) is 21.3 Å². The number of alkyl halides is 1. The predicted octanol–water partition coefficient (Wildman–Crippen LogP) is 4.25. The summed E-state index contributed by atoms with van der Waals surface area (Å²) in [4.78, 5) is 0. The third-order valence-electron chi connectivity index (χ3n) is 3.38. The largest absolute Gasteiger partial charge is 0.493 e. The van der Waals surface area contributed by atoms with Gasteiger partial charge in [0.2, 0.25) is 5.75 Å². The van der Waals surface area contributed by atoms with E-state index in [2.05, 4.69) is 39.6 Å². The summed E-state index contributed by atoms with van der Waals surface area (Å²) in [5.74, 6) is 14.3. The van der Waals surface area contributed by atoms with E-state index in [4.69, 9.17) is 14.2 Å². The van der Waals surface area contributed by atoms with Crippen LogP contribution >= 0.6 is 15.9 Å².